The summed E-state index contributed by atoms with van der Waals surface area (Å²) in [7, 11) is 0. The smallest absolute Gasteiger partial charge is 0.227 e. The van der Waals surface area contributed by atoms with Crippen LogP contribution in [0.25, 0.3) is 0 Å². The Hall–Kier alpha value is -2.59. The number of hydrogen-bond donors (Lipinski definition) is 1. The lowest BCUT2D eigenvalue weighted by molar-refractivity contribution is -0.116. The molecule has 3 aromatic rings. The molecule has 0 bridgehead atoms. The molecule has 1 unspecified atom stereocenters. The van der Waals surface area contributed by atoms with Crippen molar-refractivity contribution in [1.29, 1.82) is 0 Å². The minimum absolute atomic E-state index is 0.0569. The van der Waals surface area contributed by atoms with Crippen molar-refractivity contribution >= 4 is 23.3 Å². The molecule has 0 aliphatic rings. The van der Waals surface area contributed by atoms with E-state index in [0.717, 1.165) is 5.56 Å². The Morgan fingerprint density at radius 1 is 1.09 bits per heavy atom. The van der Waals surface area contributed by atoms with Crippen LogP contribution in [-0.4, -0.2) is 15.5 Å². The third-order valence-electron chi connectivity index (χ3n) is 3.55. The summed E-state index contributed by atoms with van der Waals surface area (Å²) in [4.78, 5) is 16.5. The Morgan fingerprint density at radius 3 is 2.48 bits per heavy atom. The van der Waals surface area contributed by atoms with Gasteiger partial charge < -0.3 is 9.88 Å². The number of anilines is 1. The molecule has 1 aromatic carbocycles. The number of benzene rings is 1. The topological polar surface area (TPSA) is 46.9 Å². The van der Waals surface area contributed by atoms with Gasteiger partial charge in [0.15, 0.2) is 0 Å². The molecule has 2 heterocycles. The van der Waals surface area contributed by atoms with Crippen LogP contribution in [0.5, 0.6) is 0 Å². The van der Waals surface area contributed by atoms with E-state index >= 15 is 0 Å². The summed E-state index contributed by atoms with van der Waals surface area (Å²) < 4.78 is 2.03. The number of hydrogen-bond acceptors (Lipinski definition) is 2. The van der Waals surface area contributed by atoms with Crippen LogP contribution in [0.3, 0.4) is 0 Å². The molecule has 2 aromatic heterocycles. The highest BCUT2D eigenvalue weighted by Gasteiger charge is 2.17. The minimum atomic E-state index is -0.0950. The van der Waals surface area contributed by atoms with Crippen LogP contribution in [0, 0.1) is 0 Å². The van der Waals surface area contributed by atoms with Crippen molar-refractivity contribution in [1.82, 2.24) is 9.55 Å². The fraction of sp³-hybridized carbons (Fsp3) is 0.111. The molecule has 0 aliphatic heterocycles. The van der Waals surface area contributed by atoms with Crippen LogP contribution in [0.4, 0.5) is 5.82 Å². The van der Waals surface area contributed by atoms with Crippen molar-refractivity contribution in [3.8, 4) is 0 Å². The van der Waals surface area contributed by atoms with Gasteiger partial charge in [-0.05, 0) is 29.8 Å². The molecule has 23 heavy (non-hydrogen) atoms. The van der Waals surface area contributed by atoms with Crippen molar-refractivity contribution in [2.75, 3.05) is 5.32 Å². The van der Waals surface area contributed by atoms with Crippen LogP contribution >= 0.6 is 11.6 Å². The van der Waals surface area contributed by atoms with E-state index in [9.17, 15) is 4.79 Å². The molecular formula is C18H16ClN3O. The van der Waals surface area contributed by atoms with E-state index in [1.54, 1.807) is 12.1 Å². The van der Waals surface area contributed by atoms with Crippen LogP contribution in [0.2, 0.25) is 5.02 Å². The molecule has 0 fully saturated rings. The third-order valence-corrected chi connectivity index (χ3v) is 3.77. The highest BCUT2D eigenvalue weighted by molar-refractivity contribution is 6.30. The van der Waals surface area contributed by atoms with Gasteiger partial charge >= 0.3 is 0 Å². The van der Waals surface area contributed by atoms with E-state index in [2.05, 4.69) is 10.3 Å². The number of nitrogens with one attached hydrogen (secondary N) is 1. The Morgan fingerprint density at radius 2 is 1.83 bits per heavy atom. The second-order valence-corrected chi connectivity index (χ2v) is 5.61. The van der Waals surface area contributed by atoms with Gasteiger partial charge in [0.2, 0.25) is 5.91 Å². The van der Waals surface area contributed by atoms with Crippen LogP contribution in [-0.2, 0) is 4.79 Å². The van der Waals surface area contributed by atoms with Gasteiger partial charge in [-0.1, -0.05) is 41.9 Å². The summed E-state index contributed by atoms with van der Waals surface area (Å²) in [6, 6.07) is 17.2. The lowest BCUT2D eigenvalue weighted by Crippen LogP contribution is -2.20. The molecular weight excluding hydrogens is 310 g/mol. The Labute approximate surface area is 139 Å². The van der Waals surface area contributed by atoms with Crippen molar-refractivity contribution in [3.05, 3.63) is 83.8 Å². The van der Waals surface area contributed by atoms with Gasteiger partial charge in [-0.2, -0.15) is 0 Å². The molecule has 0 aliphatic carbocycles. The monoisotopic (exact) mass is 325 g/mol. The summed E-state index contributed by atoms with van der Waals surface area (Å²) in [5, 5.41) is 3.35. The predicted molar refractivity (Wildman–Crippen MR) is 91.5 cm³/mol. The predicted octanol–water partition coefficient (Wildman–Crippen LogP) is 4.15. The maximum Gasteiger partial charge on any atom is 0.227 e. The zero-order valence-electron chi connectivity index (χ0n) is 12.4. The number of carbonyl (C=O) groups excluding carboxylic acids is 1. The van der Waals surface area contributed by atoms with Gasteiger partial charge in [-0.25, -0.2) is 4.98 Å². The van der Waals surface area contributed by atoms with E-state index in [1.165, 1.54) is 6.20 Å². The largest absolute Gasteiger partial charge is 0.346 e. The van der Waals surface area contributed by atoms with Gasteiger partial charge in [-0.15, -0.1) is 0 Å². The number of halogens is 1. The SMILES string of the molecule is O=C(CC(c1ccccc1)n1cccc1)Nc1ccc(Cl)cn1. The molecule has 116 valence electrons. The Balaban J connectivity index is 1.76. The van der Waals surface area contributed by atoms with Gasteiger partial charge in [0, 0.05) is 18.6 Å². The van der Waals surface area contributed by atoms with Gasteiger partial charge in [-0.3, -0.25) is 4.79 Å². The Kier molecular flexibility index (Phi) is 4.74. The number of aromatic nitrogens is 2. The van der Waals surface area contributed by atoms with E-state index < -0.39 is 0 Å². The summed E-state index contributed by atoms with van der Waals surface area (Å²) in [6.07, 6.45) is 5.76. The van der Waals surface area contributed by atoms with E-state index in [4.69, 9.17) is 11.6 Å². The molecule has 0 spiro atoms. The fourth-order valence-electron chi connectivity index (χ4n) is 2.45. The van der Waals surface area contributed by atoms with Crippen molar-refractivity contribution in [2.45, 2.75) is 12.5 Å². The highest BCUT2D eigenvalue weighted by atomic mass is 35.5. The minimum Gasteiger partial charge on any atom is -0.346 e. The molecule has 5 heteroatoms. The molecule has 1 amide bonds. The second-order valence-electron chi connectivity index (χ2n) is 5.17. The number of pyridine rings is 1. The lowest BCUT2D eigenvalue weighted by atomic mass is 10.0. The summed E-state index contributed by atoms with van der Waals surface area (Å²) in [5.74, 6) is 0.404. The fourth-order valence-corrected chi connectivity index (χ4v) is 2.56. The number of amides is 1. The van der Waals surface area contributed by atoms with E-state index in [1.807, 2.05) is 59.4 Å². The van der Waals surface area contributed by atoms with Crippen molar-refractivity contribution in [2.24, 2.45) is 0 Å². The standard InChI is InChI=1S/C18H16ClN3O/c19-15-8-9-17(20-13-15)21-18(23)12-16(22-10-4-5-11-22)14-6-2-1-3-7-14/h1-11,13,16H,12H2,(H,20,21,23). The number of rotatable bonds is 5. The molecule has 0 radical (unpaired) electrons. The highest BCUT2D eigenvalue weighted by Crippen LogP contribution is 2.22. The van der Waals surface area contributed by atoms with Gasteiger partial charge in [0.05, 0.1) is 17.5 Å². The lowest BCUT2D eigenvalue weighted by Gasteiger charge is -2.19. The third kappa shape index (κ3) is 3.99. The average Bonchev–Trinajstić information content (AvgIpc) is 3.10. The average molecular weight is 326 g/mol. The zero-order chi connectivity index (χ0) is 16.1. The maximum atomic E-state index is 12.4. The molecule has 0 saturated carbocycles. The summed E-state index contributed by atoms with van der Waals surface area (Å²) >= 11 is 5.80. The first-order chi connectivity index (χ1) is 11.2. The molecule has 0 saturated heterocycles. The molecule has 4 nitrogen and oxygen atoms in total. The van der Waals surface area contributed by atoms with Gasteiger partial charge in [0.1, 0.15) is 5.82 Å². The first-order valence-corrected chi connectivity index (χ1v) is 7.69. The van der Waals surface area contributed by atoms with Crippen molar-refractivity contribution < 1.29 is 4.79 Å². The summed E-state index contributed by atoms with van der Waals surface area (Å²) in [5.41, 5.74) is 1.09. The van der Waals surface area contributed by atoms with E-state index in [-0.39, 0.29) is 11.9 Å². The zero-order valence-corrected chi connectivity index (χ0v) is 13.1. The number of nitrogens with zero attached hydrogens (tertiary/aromatic N) is 2. The molecule has 3 rings (SSSR count). The number of carbonyl (C=O) groups is 1. The normalized spacial score (nSPS) is 11.9. The maximum absolute atomic E-state index is 12.4. The van der Waals surface area contributed by atoms with E-state index in [0.29, 0.717) is 17.3 Å². The van der Waals surface area contributed by atoms with Crippen LogP contribution in [0.1, 0.15) is 18.0 Å². The molecule has 1 N–H and O–H groups in total. The van der Waals surface area contributed by atoms with Crippen molar-refractivity contribution in [3.63, 3.8) is 0 Å². The quantitative estimate of drug-likeness (QED) is 0.765. The van der Waals surface area contributed by atoms with Gasteiger partial charge in [0.25, 0.3) is 0 Å². The summed E-state index contributed by atoms with van der Waals surface area (Å²) in [6.45, 7) is 0. The van der Waals surface area contributed by atoms with Crippen LogP contribution < -0.4 is 5.32 Å². The second kappa shape index (κ2) is 7.11. The first kappa shape index (κ1) is 15.3. The van der Waals surface area contributed by atoms with Crippen LogP contribution in [0.15, 0.2) is 73.2 Å². The molecule has 1 atom stereocenters. The first-order valence-electron chi connectivity index (χ1n) is 7.31. The Bertz CT molecular complexity index is 755.